The number of halogens is 1. The Kier molecular flexibility index (Phi) is 4.18. The Morgan fingerprint density at radius 3 is 2.43 bits per heavy atom. The third kappa shape index (κ3) is 3.16. The minimum Gasteiger partial charge on any atom is -0.495 e. The van der Waals surface area contributed by atoms with Gasteiger partial charge in [0.15, 0.2) is 0 Å². The molecule has 0 spiro atoms. The van der Waals surface area contributed by atoms with Crippen molar-refractivity contribution in [2.75, 3.05) is 11.8 Å². The number of para-hydroxylation sites is 1. The lowest BCUT2D eigenvalue weighted by molar-refractivity contribution is 0.402. The Labute approximate surface area is 123 Å². The van der Waals surface area contributed by atoms with Gasteiger partial charge in [-0.25, -0.2) is 12.8 Å². The van der Waals surface area contributed by atoms with E-state index in [1.54, 1.807) is 25.1 Å². The molecular weight excluding hydrogens is 293 g/mol. The van der Waals surface area contributed by atoms with Gasteiger partial charge in [-0.05, 0) is 43.2 Å². The lowest BCUT2D eigenvalue weighted by Gasteiger charge is -2.15. The highest BCUT2D eigenvalue weighted by Crippen LogP contribution is 2.30. The molecule has 2 rings (SSSR count). The molecule has 0 aliphatic rings. The van der Waals surface area contributed by atoms with Crippen LogP contribution in [0.1, 0.15) is 11.1 Å². The van der Waals surface area contributed by atoms with Gasteiger partial charge in [0.05, 0.1) is 12.8 Å². The topological polar surface area (TPSA) is 55.4 Å². The number of benzene rings is 2. The highest BCUT2D eigenvalue weighted by Gasteiger charge is 2.23. The molecule has 0 heterocycles. The lowest BCUT2D eigenvalue weighted by atomic mass is 10.1. The smallest absolute Gasteiger partial charge is 0.265 e. The average molecular weight is 309 g/mol. The van der Waals surface area contributed by atoms with Gasteiger partial charge in [0.1, 0.15) is 16.5 Å². The van der Waals surface area contributed by atoms with Gasteiger partial charge in [-0.3, -0.25) is 4.72 Å². The van der Waals surface area contributed by atoms with Crippen molar-refractivity contribution in [1.82, 2.24) is 0 Å². The molecule has 2 aromatic rings. The summed E-state index contributed by atoms with van der Waals surface area (Å²) in [5.41, 5.74) is 1.32. The van der Waals surface area contributed by atoms with Crippen LogP contribution in [0.2, 0.25) is 0 Å². The summed E-state index contributed by atoms with van der Waals surface area (Å²) >= 11 is 0. The second kappa shape index (κ2) is 5.73. The third-order valence-electron chi connectivity index (χ3n) is 2.99. The first-order chi connectivity index (χ1) is 9.85. The molecule has 0 bridgehead atoms. The van der Waals surface area contributed by atoms with Crippen LogP contribution in [0.25, 0.3) is 0 Å². The van der Waals surface area contributed by atoms with Gasteiger partial charge in [-0.2, -0.15) is 0 Å². The van der Waals surface area contributed by atoms with Gasteiger partial charge in [0.2, 0.25) is 0 Å². The number of sulfonamides is 1. The summed E-state index contributed by atoms with van der Waals surface area (Å²) < 4.78 is 46.0. The highest BCUT2D eigenvalue weighted by atomic mass is 32.2. The van der Waals surface area contributed by atoms with E-state index >= 15 is 0 Å². The molecule has 0 unspecified atom stereocenters. The largest absolute Gasteiger partial charge is 0.495 e. The molecule has 2 aromatic carbocycles. The van der Waals surface area contributed by atoms with Crippen molar-refractivity contribution < 1.29 is 17.5 Å². The van der Waals surface area contributed by atoms with Crippen molar-refractivity contribution in [2.24, 2.45) is 0 Å². The Balaban J connectivity index is 2.53. The molecule has 21 heavy (non-hydrogen) atoms. The third-order valence-corrected chi connectivity index (χ3v) is 4.54. The molecule has 0 saturated heterocycles. The Bertz CT molecular complexity index is 772. The van der Waals surface area contributed by atoms with Gasteiger partial charge < -0.3 is 4.74 Å². The maximum atomic E-state index is 13.6. The molecular formula is C15H16FNO3S. The molecule has 1 N–H and O–H groups in total. The number of anilines is 1. The van der Waals surface area contributed by atoms with Crippen LogP contribution in [0.4, 0.5) is 10.1 Å². The fraction of sp³-hybridized carbons (Fsp3) is 0.200. The van der Waals surface area contributed by atoms with Gasteiger partial charge in [0.25, 0.3) is 10.0 Å². The molecule has 0 saturated carbocycles. The van der Waals surface area contributed by atoms with Crippen LogP contribution >= 0.6 is 0 Å². The normalized spacial score (nSPS) is 11.2. The minimum absolute atomic E-state index is 0.0128. The van der Waals surface area contributed by atoms with Crippen LogP contribution in [0, 0.1) is 19.7 Å². The van der Waals surface area contributed by atoms with Crippen molar-refractivity contribution in [1.29, 1.82) is 0 Å². The molecule has 0 aromatic heterocycles. The zero-order valence-electron chi connectivity index (χ0n) is 12.0. The first-order valence-corrected chi connectivity index (χ1v) is 7.76. The van der Waals surface area contributed by atoms with Crippen LogP contribution in [-0.4, -0.2) is 15.5 Å². The predicted octanol–water partition coefficient (Wildman–Crippen LogP) is 3.25. The second-order valence-electron chi connectivity index (χ2n) is 4.70. The standard InChI is InChI=1S/C15H16FNO3S/c1-10-8-11(2)15(14(9-10)20-3)21(18,19)17-13-7-5-4-6-12(13)16/h4-9,17H,1-3H3. The number of rotatable bonds is 4. The molecule has 0 fully saturated rings. The summed E-state index contributed by atoms with van der Waals surface area (Å²) in [6.45, 7) is 3.52. The van der Waals surface area contributed by atoms with Crippen LogP contribution in [0.3, 0.4) is 0 Å². The summed E-state index contributed by atoms with van der Waals surface area (Å²) in [7, 11) is -2.54. The van der Waals surface area contributed by atoms with Crippen molar-refractivity contribution in [3.8, 4) is 5.75 Å². The number of hydrogen-bond acceptors (Lipinski definition) is 3. The molecule has 112 valence electrons. The van der Waals surface area contributed by atoms with Gasteiger partial charge in [0, 0.05) is 0 Å². The quantitative estimate of drug-likeness (QED) is 0.943. The SMILES string of the molecule is COc1cc(C)cc(C)c1S(=O)(=O)Nc1ccccc1F. The first kappa shape index (κ1) is 15.3. The Morgan fingerprint density at radius 1 is 1.14 bits per heavy atom. The number of aryl methyl sites for hydroxylation is 2. The number of methoxy groups -OCH3 is 1. The highest BCUT2D eigenvalue weighted by molar-refractivity contribution is 7.92. The van der Waals surface area contributed by atoms with Crippen LogP contribution in [-0.2, 0) is 10.0 Å². The average Bonchev–Trinajstić information content (AvgIpc) is 2.39. The maximum Gasteiger partial charge on any atom is 0.265 e. The van der Waals surface area contributed by atoms with E-state index in [1.807, 2.05) is 6.92 Å². The molecule has 0 radical (unpaired) electrons. The van der Waals surface area contributed by atoms with E-state index in [-0.39, 0.29) is 16.3 Å². The van der Waals surface area contributed by atoms with Crippen molar-refractivity contribution in [2.45, 2.75) is 18.7 Å². The van der Waals surface area contributed by atoms with E-state index in [0.717, 1.165) is 5.56 Å². The zero-order chi connectivity index (χ0) is 15.6. The minimum atomic E-state index is -3.94. The van der Waals surface area contributed by atoms with Crippen molar-refractivity contribution in [3.05, 3.63) is 53.3 Å². The fourth-order valence-electron chi connectivity index (χ4n) is 2.15. The zero-order valence-corrected chi connectivity index (χ0v) is 12.8. The molecule has 0 aliphatic carbocycles. The van der Waals surface area contributed by atoms with E-state index in [2.05, 4.69) is 4.72 Å². The monoisotopic (exact) mass is 309 g/mol. The van der Waals surface area contributed by atoms with Crippen molar-refractivity contribution in [3.63, 3.8) is 0 Å². The Hall–Kier alpha value is -2.08. The predicted molar refractivity (Wildman–Crippen MR) is 79.7 cm³/mol. The van der Waals surface area contributed by atoms with E-state index < -0.39 is 15.8 Å². The van der Waals surface area contributed by atoms with Gasteiger partial charge in [-0.15, -0.1) is 0 Å². The first-order valence-electron chi connectivity index (χ1n) is 6.27. The molecule has 0 amide bonds. The van der Waals surface area contributed by atoms with Crippen molar-refractivity contribution >= 4 is 15.7 Å². The summed E-state index contributed by atoms with van der Waals surface area (Å²) in [4.78, 5) is 0.0128. The van der Waals surface area contributed by atoms with E-state index in [9.17, 15) is 12.8 Å². The number of nitrogens with one attached hydrogen (secondary N) is 1. The summed E-state index contributed by atoms with van der Waals surface area (Å²) in [5, 5.41) is 0. The summed E-state index contributed by atoms with van der Waals surface area (Å²) in [5.74, 6) is -0.402. The number of ether oxygens (including phenoxy) is 1. The molecule has 0 atom stereocenters. The summed E-state index contributed by atoms with van der Waals surface area (Å²) in [6.07, 6.45) is 0. The van der Waals surface area contributed by atoms with E-state index in [1.165, 1.54) is 25.3 Å². The van der Waals surface area contributed by atoms with Crippen LogP contribution in [0.15, 0.2) is 41.3 Å². The van der Waals surface area contributed by atoms with Gasteiger partial charge >= 0.3 is 0 Å². The van der Waals surface area contributed by atoms with Crippen LogP contribution < -0.4 is 9.46 Å². The second-order valence-corrected chi connectivity index (χ2v) is 6.32. The fourth-order valence-corrected chi connectivity index (χ4v) is 3.60. The van der Waals surface area contributed by atoms with Crippen LogP contribution in [0.5, 0.6) is 5.75 Å². The van der Waals surface area contributed by atoms with E-state index in [4.69, 9.17) is 4.74 Å². The number of hydrogen-bond donors (Lipinski definition) is 1. The molecule has 0 aliphatic heterocycles. The molecule has 6 heteroatoms. The Morgan fingerprint density at radius 2 is 1.81 bits per heavy atom. The molecule has 4 nitrogen and oxygen atoms in total. The maximum absolute atomic E-state index is 13.6. The summed E-state index contributed by atoms with van der Waals surface area (Å²) in [6, 6.07) is 8.96. The van der Waals surface area contributed by atoms with Gasteiger partial charge in [-0.1, -0.05) is 18.2 Å². The lowest BCUT2D eigenvalue weighted by Crippen LogP contribution is -2.16. The van der Waals surface area contributed by atoms with E-state index in [0.29, 0.717) is 5.56 Å².